The van der Waals surface area contributed by atoms with Crippen LogP contribution in [0, 0.1) is 0 Å². The van der Waals surface area contributed by atoms with Crippen molar-refractivity contribution < 1.29 is 22.7 Å². The fourth-order valence-corrected chi connectivity index (χ4v) is 1.84. The van der Waals surface area contributed by atoms with Crippen LogP contribution >= 0.6 is 0 Å². The molecule has 23 heavy (non-hydrogen) atoms. The van der Waals surface area contributed by atoms with Gasteiger partial charge in [0.2, 0.25) is 5.91 Å². The molecule has 0 saturated carbocycles. The van der Waals surface area contributed by atoms with Crippen molar-refractivity contribution in [2.45, 2.75) is 38.9 Å². The highest BCUT2D eigenvalue weighted by Crippen LogP contribution is 2.25. The predicted octanol–water partition coefficient (Wildman–Crippen LogP) is 2.19. The van der Waals surface area contributed by atoms with Gasteiger partial charge in [-0.2, -0.15) is 13.2 Å². The largest absolute Gasteiger partial charge is 0.421 e. The van der Waals surface area contributed by atoms with Crippen molar-refractivity contribution in [3.8, 4) is 0 Å². The van der Waals surface area contributed by atoms with E-state index >= 15 is 0 Å². The van der Waals surface area contributed by atoms with Gasteiger partial charge in [-0.25, -0.2) is 0 Å². The van der Waals surface area contributed by atoms with Crippen molar-refractivity contribution in [1.82, 2.24) is 9.88 Å². The second-order valence-electron chi connectivity index (χ2n) is 5.02. The van der Waals surface area contributed by atoms with Crippen LogP contribution in [-0.4, -0.2) is 30.2 Å². The number of carbonyl (C=O) groups excluding carboxylic acids is 1. The fraction of sp³-hybridized carbons (Fsp3) is 0.600. The SMILES string of the molecule is CCCCOCCCNC(=O)Cn1cccc(C(F)(F)F)c1=O. The van der Waals surface area contributed by atoms with Crippen LogP contribution < -0.4 is 10.9 Å². The van der Waals surface area contributed by atoms with Gasteiger partial charge in [0.15, 0.2) is 0 Å². The summed E-state index contributed by atoms with van der Waals surface area (Å²) in [4.78, 5) is 23.3. The monoisotopic (exact) mass is 334 g/mol. The molecular weight excluding hydrogens is 313 g/mol. The van der Waals surface area contributed by atoms with Crippen LogP contribution in [0.25, 0.3) is 0 Å². The predicted molar refractivity (Wildman–Crippen MR) is 79.1 cm³/mol. The number of ether oxygens (including phenoxy) is 1. The average Bonchev–Trinajstić information content (AvgIpc) is 2.47. The molecule has 1 aromatic heterocycles. The van der Waals surface area contributed by atoms with E-state index in [0.29, 0.717) is 32.2 Å². The van der Waals surface area contributed by atoms with Crippen molar-refractivity contribution in [2.24, 2.45) is 0 Å². The first-order valence-electron chi connectivity index (χ1n) is 7.47. The molecule has 0 aromatic carbocycles. The first-order chi connectivity index (χ1) is 10.9. The minimum atomic E-state index is -4.73. The van der Waals surface area contributed by atoms with Crippen LogP contribution in [0.15, 0.2) is 23.1 Å². The van der Waals surface area contributed by atoms with Gasteiger partial charge in [0, 0.05) is 26.0 Å². The molecule has 1 aromatic rings. The van der Waals surface area contributed by atoms with Gasteiger partial charge in [0.25, 0.3) is 5.56 Å². The Morgan fingerprint density at radius 2 is 2.00 bits per heavy atom. The summed E-state index contributed by atoms with van der Waals surface area (Å²) in [5.74, 6) is -0.514. The summed E-state index contributed by atoms with van der Waals surface area (Å²) < 4.78 is 43.9. The van der Waals surface area contributed by atoms with Crippen LogP contribution in [0.3, 0.4) is 0 Å². The summed E-state index contributed by atoms with van der Waals surface area (Å²) in [6.07, 6.45) is -0.947. The van der Waals surface area contributed by atoms with Crippen molar-refractivity contribution in [3.63, 3.8) is 0 Å². The molecule has 0 radical (unpaired) electrons. The first kappa shape index (κ1) is 19.2. The second kappa shape index (κ2) is 9.34. The number of carbonyl (C=O) groups is 1. The Kier molecular flexibility index (Phi) is 7.80. The topological polar surface area (TPSA) is 60.3 Å². The lowest BCUT2D eigenvalue weighted by Crippen LogP contribution is -2.35. The van der Waals surface area contributed by atoms with E-state index in [2.05, 4.69) is 12.2 Å². The Bertz CT molecular complexity index is 556. The summed E-state index contributed by atoms with van der Waals surface area (Å²) in [5.41, 5.74) is -2.50. The van der Waals surface area contributed by atoms with Crippen molar-refractivity contribution in [3.05, 3.63) is 34.2 Å². The Labute approximate surface area is 132 Å². The van der Waals surface area contributed by atoms with Crippen molar-refractivity contribution in [2.75, 3.05) is 19.8 Å². The number of aromatic nitrogens is 1. The third-order valence-corrected chi connectivity index (χ3v) is 3.07. The highest BCUT2D eigenvalue weighted by molar-refractivity contribution is 5.75. The highest BCUT2D eigenvalue weighted by Gasteiger charge is 2.34. The van der Waals surface area contributed by atoms with E-state index in [0.717, 1.165) is 29.7 Å². The zero-order valence-electron chi connectivity index (χ0n) is 13.0. The van der Waals surface area contributed by atoms with Gasteiger partial charge in [0.1, 0.15) is 12.1 Å². The number of nitrogens with zero attached hydrogens (tertiary/aromatic N) is 1. The van der Waals surface area contributed by atoms with Gasteiger partial charge in [-0.3, -0.25) is 9.59 Å². The summed E-state index contributed by atoms with van der Waals surface area (Å²) in [5, 5.41) is 2.55. The third-order valence-electron chi connectivity index (χ3n) is 3.07. The molecule has 1 amide bonds. The zero-order valence-corrected chi connectivity index (χ0v) is 13.0. The number of pyridine rings is 1. The van der Waals surface area contributed by atoms with E-state index < -0.39 is 29.8 Å². The lowest BCUT2D eigenvalue weighted by molar-refractivity contribution is -0.139. The lowest BCUT2D eigenvalue weighted by atomic mass is 10.2. The Balaban J connectivity index is 2.42. The Morgan fingerprint density at radius 1 is 1.30 bits per heavy atom. The molecule has 0 saturated heterocycles. The van der Waals surface area contributed by atoms with Crippen molar-refractivity contribution in [1.29, 1.82) is 0 Å². The van der Waals surface area contributed by atoms with E-state index in [9.17, 15) is 22.8 Å². The molecule has 1 heterocycles. The van der Waals surface area contributed by atoms with Crippen LogP contribution in [0.4, 0.5) is 13.2 Å². The molecule has 0 aliphatic heterocycles. The Hall–Kier alpha value is -1.83. The molecule has 0 spiro atoms. The van der Waals surface area contributed by atoms with Crippen LogP contribution in [0.1, 0.15) is 31.7 Å². The van der Waals surface area contributed by atoms with Gasteiger partial charge in [0.05, 0.1) is 0 Å². The molecular formula is C15H21F3N2O3. The van der Waals surface area contributed by atoms with Gasteiger partial charge in [-0.05, 0) is 25.0 Å². The normalized spacial score (nSPS) is 11.5. The minimum Gasteiger partial charge on any atom is -0.381 e. The third kappa shape index (κ3) is 6.85. The molecule has 0 unspecified atom stereocenters. The van der Waals surface area contributed by atoms with Gasteiger partial charge in [-0.1, -0.05) is 13.3 Å². The Morgan fingerprint density at radius 3 is 2.65 bits per heavy atom. The number of unbranched alkanes of at least 4 members (excludes halogenated alkanes) is 1. The van der Waals surface area contributed by atoms with Gasteiger partial charge in [-0.15, -0.1) is 0 Å². The molecule has 0 atom stereocenters. The quantitative estimate of drug-likeness (QED) is 0.704. The second-order valence-corrected chi connectivity index (χ2v) is 5.02. The maximum atomic E-state index is 12.6. The maximum Gasteiger partial charge on any atom is 0.421 e. The fourth-order valence-electron chi connectivity index (χ4n) is 1.84. The molecule has 8 heteroatoms. The zero-order chi connectivity index (χ0) is 17.3. The molecule has 0 fully saturated rings. The van der Waals surface area contributed by atoms with E-state index in [1.807, 2.05) is 0 Å². The number of rotatable bonds is 9. The van der Waals surface area contributed by atoms with Crippen LogP contribution in [0.5, 0.6) is 0 Å². The number of hydrogen-bond donors (Lipinski definition) is 1. The molecule has 0 bridgehead atoms. The summed E-state index contributed by atoms with van der Waals surface area (Å²) in [7, 11) is 0. The number of alkyl halides is 3. The van der Waals surface area contributed by atoms with Crippen LogP contribution in [-0.2, 0) is 22.3 Å². The van der Waals surface area contributed by atoms with E-state index in [4.69, 9.17) is 4.74 Å². The number of hydrogen-bond acceptors (Lipinski definition) is 3. The lowest BCUT2D eigenvalue weighted by Gasteiger charge is -2.10. The molecule has 130 valence electrons. The first-order valence-corrected chi connectivity index (χ1v) is 7.47. The molecule has 5 nitrogen and oxygen atoms in total. The van der Waals surface area contributed by atoms with Crippen LogP contribution in [0.2, 0.25) is 0 Å². The maximum absolute atomic E-state index is 12.6. The van der Waals surface area contributed by atoms with E-state index in [-0.39, 0.29) is 0 Å². The minimum absolute atomic E-state index is 0.346. The highest BCUT2D eigenvalue weighted by atomic mass is 19.4. The van der Waals surface area contributed by atoms with E-state index in [1.54, 1.807) is 0 Å². The smallest absolute Gasteiger partial charge is 0.381 e. The molecule has 1 rings (SSSR count). The summed E-state index contributed by atoms with van der Waals surface area (Å²) in [6.45, 7) is 3.13. The molecule has 1 N–H and O–H groups in total. The number of amides is 1. The van der Waals surface area contributed by atoms with Gasteiger partial charge < -0.3 is 14.6 Å². The summed E-state index contributed by atoms with van der Waals surface area (Å²) in [6, 6.07) is 1.80. The molecule has 0 aliphatic carbocycles. The molecule has 0 aliphatic rings. The average molecular weight is 334 g/mol. The standard InChI is InChI=1S/C15H21F3N2O3/c1-2-3-9-23-10-5-7-19-13(21)11-20-8-4-6-12(14(20)22)15(16,17)18/h4,6,8H,2-3,5,7,9-11H2,1H3,(H,19,21). The van der Waals surface area contributed by atoms with Gasteiger partial charge >= 0.3 is 6.18 Å². The summed E-state index contributed by atoms with van der Waals surface area (Å²) >= 11 is 0. The van der Waals surface area contributed by atoms with E-state index in [1.165, 1.54) is 0 Å². The van der Waals surface area contributed by atoms with Crippen molar-refractivity contribution >= 4 is 5.91 Å². The number of halogens is 3. The number of nitrogens with one attached hydrogen (secondary N) is 1.